The molecule has 3 saturated heterocycles. The molecule has 9 heteroatoms. The summed E-state index contributed by atoms with van der Waals surface area (Å²) in [5.41, 5.74) is 0. The monoisotopic (exact) mass is 405 g/mol. The third kappa shape index (κ3) is 3.73. The normalized spacial score (nSPS) is 29.4. The quantitative estimate of drug-likeness (QED) is 0.802. The van der Waals surface area contributed by atoms with Crippen molar-refractivity contribution in [3.05, 3.63) is 16.3 Å². The lowest BCUT2D eigenvalue weighted by atomic mass is 10.00. The first-order valence-electron chi connectivity index (χ1n) is 8.68. The fourth-order valence-corrected chi connectivity index (χ4v) is 6.98. The molecule has 3 aliphatic rings. The topological polar surface area (TPSA) is 78.5 Å². The lowest BCUT2D eigenvalue weighted by Gasteiger charge is -2.29. The summed E-state index contributed by atoms with van der Waals surface area (Å²) in [6, 6.07) is 2.69. The Morgan fingerprint density at radius 1 is 1.20 bits per heavy atom. The molecule has 0 radical (unpaired) electrons. The van der Waals surface area contributed by atoms with Gasteiger partial charge in [-0.2, -0.15) is 4.31 Å². The highest BCUT2D eigenvalue weighted by molar-refractivity contribution is 7.89. The summed E-state index contributed by atoms with van der Waals surface area (Å²) in [6.07, 6.45) is 5.99. The Labute approximate surface area is 158 Å². The summed E-state index contributed by atoms with van der Waals surface area (Å²) in [5.74, 6) is -0.242. The lowest BCUT2D eigenvalue weighted by molar-refractivity contribution is 0.0925. The molecule has 4 heterocycles. The summed E-state index contributed by atoms with van der Waals surface area (Å²) in [7, 11) is -3.55. The number of hydrogen-bond acceptors (Lipinski definition) is 5. The molecule has 2 bridgehead atoms. The van der Waals surface area contributed by atoms with Crippen LogP contribution in [0.1, 0.15) is 48.2 Å². The van der Waals surface area contributed by atoms with Crippen molar-refractivity contribution in [1.29, 1.82) is 0 Å². The van der Waals surface area contributed by atoms with Crippen LogP contribution in [0.15, 0.2) is 16.3 Å². The molecule has 6 nitrogen and oxygen atoms in total. The van der Waals surface area contributed by atoms with E-state index in [1.165, 1.54) is 28.5 Å². The minimum absolute atomic E-state index is 0. The Morgan fingerprint density at radius 3 is 2.48 bits per heavy atom. The van der Waals surface area contributed by atoms with Gasteiger partial charge in [0.25, 0.3) is 5.91 Å². The maximum absolute atomic E-state index is 12.8. The molecule has 1 aromatic heterocycles. The van der Waals surface area contributed by atoms with E-state index in [-0.39, 0.29) is 29.3 Å². The first-order valence-corrected chi connectivity index (χ1v) is 11.0. The number of piperidine rings is 1. The Bertz CT molecular complexity index is 719. The van der Waals surface area contributed by atoms with Crippen LogP contribution in [0.2, 0.25) is 0 Å². The summed E-state index contributed by atoms with van der Waals surface area (Å²) >= 11 is 1.22. The number of hydrogen-bond donors (Lipinski definition) is 2. The highest BCUT2D eigenvalue weighted by Crippen LogP contribution is 2.30. The van der Waals surface area contributed by atoms with Gasteiger partial charge in [-0.15, -0.1) is 23.7 Å². The van der Waals surface area contributed by atoms with Crippen LogP contribution in [0.5, 0.6) is 0 Å². The van der Waals surface area contributed by atoms with Gasteiger partial charge in [0.05, 0.1) is 0 Å². The minimum atomic E-state index is -3.55. The zero-order valence-corrected chi connectivity index (χ0v) is 16.4. The van der Waals surface area contributed by atoms with E-state index in [0.29, 0.717) is 30.1 Å². The van der Waals surface area contributed by atoms with Crippen LogP contribution in [0.4, 0.5) is 0 Å². The fourth-order valence-electron chi connectivity index (χ4n) is 4.16. The van der Waals surface area contributed by atoms with Crippen LogP contribution in [0, 0.1) is 0 Å². The average molecular weight is 406 g/mol. The third-order valence-corrected chi connectivity index (χ3v) is 8.31. The number of nitrogens with one attached hydrogen (secondary N) is 2. The average Bonchev–Trinajstić information content (AvgIpc) is 3.27. The Morgan fingerprint density at radius 2 is 1.84 bits per heavy atom. The number of thiophene rings is 1. The van der Waals surface area contributed by atoms with Crippen molar-refractivity contribution in [2.24, 2.45) is 0 Å². The molecule has 2 atom stereocenters. The number of carbonyl (C=O) groups excluding carboxylic acids is 1. The fraction of sp³-hybridized carbons (Fsp3) is 0.688. The molecular formula is C16H24ClN3O3S2. The standard InChI is InChI=1S/C16H23N3O3S2.ClH/c20-16(18-13-9-11-3-4-12(10-13)17-11)15-14(5-8-23-15)24(21,22)19-6-1-2-7-19;/h5,8,11-13,17H,1-4,6-7,9-10H2,(H,18,20);1H. The van der Waals surface area contributed by atoms with Gasteiger partial charge in [-0.25, -0.2) is 8.42 Å². The van der Waals surface area contributed by atoms with E-state index in [1.807, 2.05) is 0 Å². The van der Waals surface area contributed by atoms with Gasteiger partial charge in [-0.05, 0) is 50.0 Å². The van der Waals surface area contributed by atoms with Crippen molar-refractivity contribution in [1.82, 2.24) is 14.9 Å². The van der Waals surface area contributed by atoms with Crippen LogP contribution in [0.3, 0.4) is 0 Å². The molecule has 2 N–H and O–H groups in total. The van der Waals surface area contributed by atoms with Crippen molar-refractivity contribution in [3.8, 4) is 0 Å². The summed E-state index contributed by atoms with van der Waals surface area (Å²) in [6.45, 7) is 1.10. The van der Waals surface area contributed by atoms with Crippen LogP contribution < -0.4 is 10.6 Å². The molecule has 3 fully saturated rings. The number of fused-ring (bicyclic) bond motifs is 2. The minimum Gasteiger partial charge on any atom is -0.348 e. The van der Waals surface area contributed by atoms with Crippen molar-refractivity contribution >= 4 is 39.7 Å². The zero-order chi connectivity index (χ0) is 16.7. The first-order chi connectivity index (χ1) is 11.5. The molecule has 0 aliphatic carbocycles. The molecule has 4 rings (SSSR count). The number of sulfonamides is 1. The number of amides is 1. The highest BCUT2D eigenvalue weighted by atomic mass is 35.5. The van der Waals surface area contributed by atoms with Crippen molar-refractivity contribution in [3.63, 3.8) is 0 Å². The number of carbonyl (C=O) groups is 1. The molecule has 2 unspecified atom stereocenters. The predicted octanol–water partition coefficient (Wildman–Crippen LogP) is 1.97. The van der Waals surface area contributed by atoms with E-state index in [2.05, 4.69) is 10.6 Å². The van der Waals surface area contributed by atoms with Gasteiger partial charge < -0.3 is 10.6 Å². The second-order valence-electron chi connectivity index (χ2n) is 7.00. The summed E-state index contributed by atoms with van der Waals surface area (Å²) < 4.78 is 27.0. The second-order valence-corrected chi connectivity index (χ2v) is 9.83. The lowest BCUT2D eigenvalue weighted by Crippen LogP contribution is -2.48. The van der Waals surface area contributed by atoms with Crippen LogP contribution in [-0.2, 0) is 10.0 Å². The Balaban J connectivity index is 0.00000182. The van der Waals surface area contributed by atoms with E-state index in [1.54, 1.807) is 11.4 Å². The smallest absolute Gasteiger partial charge is 0.262 e. The molecule has 3 aliphatic heterocycles. The molecular weight excluding hydrogens is 382 g/mol. The van der Waals surface area contributed by atoms with Crippen LogP contribution in [-0.4, -0.2) is 49.8 Å². The first kappa shape index (κ1) is 19.1. The second kappa shape index (κ2) is 7.52. The number of nitrogens with zero attached hydrogens (tertiary/aromatic N) is 1. The van der Waals surface area contributed by atoms with E-state index in [9.17, 15) is 13.2 Å². The third-order valence-electron chi connectivity index (χ3n) is 5.33. The summed E-state index contributed by atoms with van der Waals surface area (Å²) in [4.78, 5) is 13.2. The molecule has 140 valence electrons. The van der Waals surface area contributed by atoms with E-state index in [4.69, 9.17) is 0 Å². The molecule has 0 saturated carbocycles. The molecule has 0 aromatic carbocycles. The summed E-state index contributed by atoms with van der Waals surface area (Å²) in [5, 5.41) is 8.32. The van der Waals surface area contributed by atoms with Gasteiger partial charge in [0.2, 0.25) is 10.0 Å². The predicted molar refractivity (Wildman–Crippen MR) is 100.0 cm³/mol. The van der Waals surface area contributed by atoms with Crippen LogP contribution in [0.25, 0.3) is 0 Å². The van der Waals surface area contributed by atoms with Gasteiger partial charge in [-0.3, -0.25) is 4.79 Å². The Kier molecular flexibility index (Phi) is 5.75. The largest absolute Gasteiger partial charge is 0.348 e. The Hall–Kier alpha value is -0.670. The zero-order valence-electron chi connectivity index (χ0n) is 13.9. The van der Waals surface area contributed by atoms with E-state index >= 15 is 0 Å². The number of halogens is 1. The maximum atomic E-state index is 12.8. The van der Waals surface area contributed by atoms with Gasteiger partial charge in [0.15, 0.2) is 0 Å². The van der Waals surface area contributed by atoms with Crippen LogP contribution >= 0.6 is 23.7 Å². The van der Waals surface area contributed by atoms with Gasteiger partial charge in [-0.1, -0.05) is 0 Å². The van der Waals surface area contributed by atoms with E-state index < -0.39 is 10.0 Å². The van der Waals surface area contributed by atoms with Crippen molar-refractivity contribution < 1.29 is 13.2 Å². The van der Waals surface area contributed by atoms with Gasteiger partial charge in [0.1, 0.15) is 9.77 Å². The molecule has 1 amide bonds. The molecule has 0 spiro atoms. The van der Waals surface area contributed by atoms with Gasteiger partial charge in [0, 0.05) is 31.2 Å². The molecule has 1 aromatic rings. The number of rotatable bonds is 4. The maximum Gasteiger partial charge on any atom is 0.262 e. The highest BCUT2D eigenvalue weighted by Gasteiger charge is 2.36. The molecule has 25 heavy (non-hydrogen) atoms. The van der Waals surface area contributed by atoms with E-state index in [0.717, 1.165) is 25.7 Å². The van der Waals surface area contributed by atoms with Crippen molar-refractivity contribution in [2.75, 3.05) is 13.1 Å². The van der Waals surface area contributed by atoms with Gasteiger partial charge >= 0.3 is 0 Å². The van der Waals surface area contributed by atoms with Crippen molar-refractivity contribution in [2.45, 2.75) is 61.5 Å². The SMILES string of the molecule is Cl.O=C(NC1CC2CCC(C1)N2)c1sccc1S(=O)(=O)N1CCCC1.